The maximum atomic E-state index is 12.3. The Hall–Kier alpha value is -2.73. The lowest BCUT2D eigenvalue weighted by Gasteiger charge is -2.39. The molecule has 0 aliphatic carbocycles. The molecule has 2 unspecified atom stereocenters. The molecule has 0 fully saturated rings. The van der Waals surface area contributed by atoms with Gasteiger partial charge in [0.05, 0.1) is 19.1 Å². The van der Waals surface area contributed by atoms with Crippen molar-refractivity contribution in [2.24, 2.45) is 0 Å². The first-order valence-electron chi connectivity index (χ1n) is 7.69. The predicted octanol–water partition coefficient (Wildman–Crippen LogP) is 3.77. The van der Waals surface area contributed by atoms with Gasteiger partial charge in [-0.2, -0.15) is 0 Å². The van der Waals surface area contributed by atoms with E-state index in [0.717, 1.165) is 17.5 Å². The molecule has 1 aliphatic heterocycles. The lowest BCUT2D eigenvalue weighted by Crippen LogP contribution is -2.42. The summed E-state index contributed by atoms with van der Waals surface area (Å²) in [6.45, 7) is 0.610. The van der Waals surface area contributed by atoms with Crippen LogP contribution in [0.5, 0.6) is 0 Å². The van der Waals surface area contributed by atoms with Crippen molar-refractivity contribution < 1.29 is 9.53 Å². The average Bonchev–Trinajstić information content (AvgIpc) is 2.62. The smallest absolute Gasteiger partial charge is 0.410 e. The van der Waals surface area contributed by atoms with Crippen LogP contribution in [0.25, 0.3) is 0 Å². The highest BCUT2D eigenvalue weighted by Crippen LogP contribution is 2.40. The summed E-state index contributed by atoms with van der Waals surface area (Å²) >= 11 is 0. The second-order valence-corrected chi connectivity index (χ2v) is 5.61. The van der Waals surface area contributed by atoms with Crippen LogP contribution in [-0.4, -0.2) is 24.6 Å². The number of nitrogens with zero attached hydrogens (tertiary/aromatic N) is 1. The van der Waals surface area contributed by atoms with E-state index in [0.29, 0.717) is 6.54 Å². The monoisotopic (exact) mass is 305 g/mol. The summed E-state index contributed by atoms with van der Waals surface area (Å²) in [7, 11) is 1.41. The average molecular weight is 305 g/mol. The van der Waals surface area contributed by atoms with Gasteiger partial charge in [-0.3, -0.25) is 4.90 Å². The fourth-order valence-corrected chi connectivity index (χ4v) is 3.31. The zero-order chi connectivity index (χ0) is 16.2. The highest BCUT2D eigenvalue weighted by atomic mass is 16.5. The van der Waals surface area contributed by atoms with Gasteiger partial charge in [0.15, 0.2) is 0 Å². The Bertz CT molecular complexity index is 733. The largest absolute Gasteiger partial charge is 0.453 e. The van der Waals surface area contributed by atoms with E-state index in [9.17, 15) is 4.79 Å². The Balaban J connectivity index is 2.10. The molecule has 2 aromatic carbocycles. The molecule has 3 nitrogen and oxygen atoms in total. The first-order chi connectivity index (χ1) is 11.3. The summed E-state index contributed by atoms with van der Waals surface area (Å²) in [5.74, 6) is 2.68. The van der Waals surface area contributed by atoms with Crippen molar-refractivity contribution in [1.29, 1.82) is 0 Å². The van der Waals surface area contributed by atoms with Crippen LogP contribution in [0.2, 0.25) is 0 Å². The van der Waals surface area contributed by atoms with Crippen molar-refractivity contribution >= 4 is 6.09 Å². The summed E-state index contributed by atoms with van der Waals surface area (Å²) < 4.78 is 4.98. The molecule has 1 heterocycles. The molecule has 1 amide bonds. The molecule has 3 heteroatoms. The summed E-state index contributed by atoms with van der Waals surface area (Å²) in [6.07, 6.45) is 6.35. The second kappa shape index (κ2) is 6.58. The van der Waals surface area contributed by atoms with Crippen molar-refractivity contribution in [2.75, 3.05) is 13.7 Å². The predicted molar refractivity (Wildman–Crippen MR) is 90.0 cm³/mol. The molecule has 0 aromatic heterocycles. The number of hydrogen-bond acceptors (Lipinski definition) is 2. The first kappa shape index (κ1) is 15.2. The van der Waals surface area contributed by atoms with Crippen LogP contribution in [0.1, 0.15) is 28.7 Å². The second-order valence-electron chi connectivity index (χ2n) is 5.61. The normalized spacial score (nSPS) is 17.7. The topological polar surface area (TPSA) is 29.5 Å². The van der Waals surface area contributed by atoms with E-state index in [2.05, 4.69) is 18.1 Å². The van der Waals surface area contributed by atoms with Gasteiger partial charge in [-0.25, -0.2) is 4.79 Å². The van der Waals surface area contributed by atoms with Crippen LogP contribution in [0.4, 0.5) is 4.79 Å². The zero-order valence-corrected chi connectivity index (χ0v) is 13.1. The molecule has 23 heavy (non-hydrogen) atoms. The summed E-state index contributed by atoms with van der Waals surface area (Å²) in [5.41, 5.74) is 3.38. The minimum Gasteiger partial charge on any atom is -0.453 e. The fourth-order valence-electron chi connectivity index (χ4n) is 3.31. The van der Waals surface area contributed by atoms with Gasteiger partial charge in [0.1, 0.15) is 0 Å². The molecule has 0 N–H and O–H groups in total. The molecule has 0 bridgehead atoms. The van der Waals surface area contributed by atoms with Gasteiger partial charge in [-0.1, -0.05) is 60.5 Å². The van der Waals surface area contributed by atoms with E-state index in [-0.39, 0.29) is 18.1 Å². The molecule has 0 spiro atoms. The molecule has 116 valence electrons. The maximum absolute atomic E-state index is 12.3. The number of fused-ring (bicyclic) bond motifs is 1. The number of amides is 1. The molecule has 2 aromatic rings. The van der Waals surface area contributed by atoms with Gasteiger partial charge in [0.2, 0.25) is 0 Å². The van der Waals surface area contributed by atoms with E-state index in [1.165, 1.54) is 12.7 Å². The zero-order valence-electron chi connectivity index (χ0n) is 13.1. The number of benzene rings is 2. The van der Waals surface area contributed by atoms with Crippen LogP contribution in [0.3, 0.4) is 0 Å². The van der Waals surface area contributed by atoms with Crippen molar-refractivity contribution in [1.82, 2.24) is 4.90 Å². The summed E-state index contributed by atoms with van der Waals surface area (Å²) in [5, 5.41) is 0. The summed E-state index contributed by atoms with van der Waals surface area (Å²) in [4.78, 5) is 14.0. The SMILES string of the molecule is C#CC(c1ccccc1)C1c2ccccc2CCN1C(=O)OC. The lowest BCUT2D eigenvalue weighted by atomic mass is 9.82. The molecule has 1 aliphatic rings. The highest BCUT2D eigenvalue weighted by molar-refractivity contribution is 5.69. The Kier molecular flexibility index (Phi) is 4.34. The van der Waals surface area contributed by atoms with Crippen LogP contribution in [0, 0.1) is 12.3 Å². The van der Waals surface area contributed by atoms with Gasteiger partial charge in [-0.15, -0.1) is 6.42 Å². The lowest BCUT2D eigenvalue weighted by molar-refractivity contribution is 0.0976. The summed E-state index contributed by atoms with van der Waals surface area (Å²) in [6, 6.07) is 17.9. The minimum absolute atomic E-state index is 0.209. The standard InChI is InChI=1S/C20H19NO2/c1-3-17(15-9-5-4-6-10-15)19-18-12-8-7-11-16(18)13-14-21(19)20(22)23-2/h1,4-12,17,19H,13-14H2,2H3. The first-order valence-corrected chi connectivity index (χ1v) is 7.69. The third kappa shape index (κ3) is 2.80. The number of ether oxygens (including phenoxy) is 1. The van der Waals surface area contributed by atoms with Crippen molar-refractivity contribution in [3.63, 3.8) is 0 Å². The van der Waals surface area contributed by atoms with Crippen LogP contribution in [0.15, 0.2) is 54.6 Å². The third-order valence-corrected chi connectivity index (χ3v) is 4.39. The van der Waals surface area contributed by atoms with Gasteiger partial charge in [0, 0.05) is 6.54 Å². The van der Waals surface area contributed by atoms with Gasteiger partial charge < -0.3 is 4.74 Å². The molecular weight excluding hydrogens is 286 g/mol. The van der Waals surface area contributed by atoms with Crippen molar-refractivity contribution in [3.05, 3.63) is 71.3 Å². The number of terminal acetylenes is 1. The molecule has 0 saturated heterocycles. The van der Waals surface area contributed by atoms with E-state index < -0.39 is 0 Å². The maximum Gasteiger partial charge on any atom is 0.410 e. The molecule has 0 saturated carbocycles. The van der Waals surface area contributed by atoms with Crippen molar-refractivity contribution in [3.8, 4) is 12.3 Å². The van der Waals surface area contributed by atoms with Crippen molar-refractivity contribution in [2.45, 2.75) is 18.4 Å². The Labute approximate surface area is 136 Å². The number of methoxy groups -OCH3 is 1. The Morgan fingerprint density at radius 2 is 1.91 bits per heavy atom. The number of carbonyl (C=O) groups excluding carboxylic acids is 1. The van der Waals surface area contributed by atoms with Gasteiger partial charge in [0.25, 0.3) is 0 Å². The number of rotatable bonds is 2. The van der Waals surface area contributed by atoms with Gasteiger partial charge >= 0.3 is 6.09 Å². The number of hydrogen-bond donors (Lipinski definition) is 0. The molecular formula is C20H19NO2. The van der Waals surface area contributed by atoms with E-state index >= 15 is 0 Å². The van der Waals surface area contributed by atoms with Gasteiger partial charge in [-0.05, 0) is 23.1 Å². The van der Waals surface area contributed by atoms with Crippen LogP contribution >= 0.6 is 0 Å². The fraction of sp³-hybridized carbons (Fsp3) is 0.250. The molecule has 0 radical (unpaired) electrons. The van der Waals surface area contributed by atoms with E-state index in [4.69, 9.17) is 11.2 Å². The quantitative estimate of drug-likeness (QED) is 0.791. The molecule has 2 atom stereocenters. The number of carbonyl (C=O) groups is 1. The molecule has 3 rings (SSSR count). The third-order valence-electron chi connectivity index (χ3n) is 4.39. The Morgan fingerprint density at radius 1 is 1.22 bits per heavy atom. The van der Waals surface area contributed by atoms with E-state index in [1.54, 1.807) is 4.90 Å². The van der Waals surface area contributed by atoms with Crippen LogP contribution in [-0.2, 0) is 11.2 Å². The van der Waals surface area contributed by atoms with Crippen LogP contribution < -0.4 is 0 Å². The van der Waals surface area contributed by atoms with E-state index in [1.807, 2.05) is 42.5 Å². The Morgan fingerprint density at radius 3 is 2.61 bits per heavy atom. The minimum atomic E-state index is -0.333. The highest BCUT2D eigenvalue weighted by Gasteiger charge is 2.36.